The van der Waals surface area contributed by atoms with Gasteiger partial charge in [0.05, 0.1) is 14.0 Å². The minimum atomic E-state index is -1.33. The molecule has 3 heteroatoms. The second-order valence-electron chi connectivity index (χ2n) is 2.82. The van der Waals surface area contributed by atoms with Crippen LogP contribution in [-0.2, 0) is 0 Å². The van der Waals surface area contributed by atoms with Gasteiger partial charge in [-0.2, -0.15) is 0 Å². The van der Waals surface area contributed by atoms with Gasteiger partial charge in [-0.3, -0.25) is 0 Å². The summed E-state index contributed by atoms with van der Waals surface area (Å²) in [4.78, 5) is 0. The fourth-order valence-corrected chi connectivity index (χ4v) is 1.22. The molecule has 0 aromatic rings. The van der Waals surface area contributed by atoms with E-state index in [0.717, 1.165) is 0 Å². The maximum Gasteiger partial charge on any atom is 0.125 e. The van der Waals surface area contributed by atoms with E-state index >= 15 is 0 Å². The lowest BCUT2D eigenvalue weighted by Gasteiger charge is -2.09. The van der Waals surface area contributed by atoms with Gasteiger partial charge in [0.1, 0.15) is 6.17 Å². The maximum atomic E-state index is 12.8. The van der Waals surface area contributed by atoms with Gasteiger partial charge in [0, 0.05) is 5.92 Å². The Bertz CT molecular complexity index is 144. The van der Waals surface area contributed by atoms with Crippen molar-refractivity contribution in [3.05, 3.63) is 12.2 Å². The van der Waals surface area contributed by atoms with E-state index in [1.165, 1.54) is 0 Å². The molecule has 54 valence electrons. The van der Waals surface area contributed by atoms with Crippen LogP contribution in [0, 0.1) is 5.92 Å². The third-order valence-electron chi connectivity index (χ3n) is 2.19. The maximum absolute atomic E-state index is 12.8. The standard InChI is InChI=1S/C7H10BFO/c1-3-4(2)7(10)6(9)5(3)8/h4-7,10H,1H2,2H3/t4-,5+,6-,7+/m0/s1. The van der Waals surface area contributed by atoms with Gasteiger partial charge >= 0.3 is 0 Å². The summed E-state index contributed by atoms with van der Waals surface area (Å²) in [5.41, 5.74) is 0.611. The summed E-state index contributed by atoms with van der Waals surface area (Å²) in [6, 6.07) is 0. The van der Waals surface area contributed by atoms with Crippen molar-refractivity contribution in [2.75, 3.05) is 0 Å². The fourth-order valence-electron chi connectivity index (χ4n) is 1.22. The first-order chi connectivity index (χ1) is 4.55. The Kier molecular flexibility index (Phi) is 1.86. The van der Waals surface area contributed by atoms with Crippen LogP contribution in [0.3, 0.4) is 0 Å². The van der Waals surface area contributed by atoms with Crippen molar-refractivity contribution in [3.8, 4) is 0 Å². The molecule has 0 aliphatic heterocycles. The predicted octanol–water partition coefficient (Wildman–Crippen LogP) is 0.848. The molecule has 1 aliphatic rings. The molecule has 1 rings (SSSR count). The number of alkyl halides is 1. The molecule has 2 radical (unpaired) electrons. The Morgan fingerprint density at radius 1 is 1.70 bits per heavy atom. The minimum Gasteiger partial charge on any atom is -0.389 e. The molecule has 1 saturated carbocycles. The second-order valence-corrected chi connectivity index (χ2v) is 2.82. The van der Waals surface area contributed by atoms with Crippen molar-refractivity contribution in [1.82, 2.24) is 0 Å². The summed E-state index contributed by atoms with van der Waals surface area (Å²) in [5, 5.41) is 9.09. The van der Waals surface area contributed by atoms with Gasteiger partial charge in [0.15, 0.2) is 0 Å². The van der Waals surface area contributed by atoms with Gasteiger partial charge in [0.25, 0.3) is 0 Å². The molecule has 4 atom stereocenters. The van der Waals surface area contributed by atoms with E-state index < -0.39 is 18.1 Å². The van der Waals surface area contributed by atoms with Crippen molar-refractivity contribution >= 4 is 7.85 Å². The zero-order valence-electron chi connectivity index (χ0n) is 5.92. The van der Waals surface area contributed by atoms with Crippen LogP contribution in [0.4, 0.5) is 4.39 Å². The number of rotatable bonds is 0. The number of aliphatic hydroxyl groups excluding tert-OH is 1. The Hall–Kier alpha value is -0.305. The lowest BCUT2D eigenvalue weighted by molar-refractivity contribution is 0.0775. The van der Waals surface area contributed by atoms with Gasteiger partial charge in [0.2, 0.25) is 0 Å². The molecule has 10 heavy (non-hydrogen) atoms. The van der Waals surface area contributed by atoms with Gasteiger partial charge in [-0.05, 0) is 5.82 Å². The summed E-state index contributed by atoms with van der Waals surface area (Å²) in [5.74, 6) is -0.880. The van der Waals surface area contributed by atoms with E-state index in [9.17, 15) is 4.39 Å². The third-order valence-corrected chi connectivity index (χ3v) is 2.19. The van der Waals surface area contributed by atoms with E-state index in [1.54, 1.807) is 6.92 Å². The lowest BCUT2D eigenvalue weighted by atomic mass is 9.81. The molecule has 0 unspecified atom stereocenters. The van der Waals surface area contributed by atoms with Crippen LogP contribution in [0.25, 0.3) is 0 Å². The van der Waals surface area contributed by atoms with E-state index in [-0.39, 0.29) is 5.92 Å². The topological polar surface area (TPSA) is 20.2 Å². The monoisotopic (exact) mass is 140 g/mol. The van der Waals surface area contributed by atoms with Gasteiger partial charge in [-0.25, -0.2) is 4.39 Å². The molecule has 0 amide bonds. The van der Waals surface area contributed by atoms with Crippen molar-refractivity contribution in [2.45, 2.75) is 25.0 Å². The number of hydrogen-bond acceptors (Lipinski definition) is 1. The van der Waals surface area contributed by atoms with Crippen molar-refractivity contribution in [1.29, 1.82) is 0 Å². The molecule has 0 bridgehead atoms. The highest BCUT2D eigenvalue weighted by Crippen LogP contribution is 2.39. The summed E-state index contributed by atoms with van der Waals surface area (Å²) in [7, 11) is 5.37. The normalized spacial score (nSPS) is 48.1. The quantitative estimate of drug-likeness (QED) is 0.390. The van der Waals surface area contributed by atoms with Crippen molar-refractivity contribution in [3.63, 3.8) is 0 Å². The molecule has 0 spiro atoms. The highest BCUT2D eigenvalue weighted by Gasteiger charge is 2.40. The summed E-state index contributed by atoms with van der Waals surface area (Å²) >= 11 is 0. The fraction of sp³-hybridized carbons (Fsp3) is 0.714. The van der Waals surface area contributed by atoms with Crippen LogP contribution in [0.1, 0.15) is 6.92 Å². The average molecular weight is 140 g/mol. The number of halogens is 1. The van der Waals surface area contributed by atoms with E-state index in [0.29, 0.717) is 5.57 Å². The summed E-state index contributed by atoms with van der Waals surface area (Å²) in [6.45, 7) is 5.32. The highest BCUT2D eigenvalue weighted by atomic mass is 19.1. The van der Waals surface area contributed by atoms with Gasteiger partial charge in [-0.15, -0.1) is 0 Å². The smallest absolute Gasteiger partial charge is 0.125 e. The predicted molar refractivity (Wildman–Crippen MR) is 38.7 cm³/mol. The lowest BCUT2D eigenvalue weighted by Crippen LogP contribution is -2.21. The first kappa shape index (κ1) is 7.80. The Balaban J connectivity index is 2.78. The Labute approximate surface area is 61.3 Å². The summed E-state index contributed by atoms with van der Waals surface area (Å²) in [6.07, 6.45) is -2.29. The van der Waals surface area contributed by atoms with Crippen LogP contribution in [0.15, 0.2) is 12.2 Å². The Morgan fingerprint density at radius 3 is 2.30 bits per heavy atom. The largest absolute Gasteiger partial charge is 0.389 e. The molecule has 0 saturated heterocycles. The van der Waals surface area contributed by atoms with Crippen LogP contribution < -0.4 is 0 Å². The first-order valence-corrected chi connectivity index (χ1v) is 3.32. The molecule has 1 N–H and O–H groups in total. The van der Waals surface area contributed by atoms with Crippen LogP contribution in [0.5, 0.6) is 0 Å². The SMILES string of the molecule is [B][C@@H]1C(=C)[C@H](C)[C@@H](O)[C@H]1F. The molecular formula is C7H10BFO. The van der Waals surface area contributed by atoms with Gasteiger partial charge in [-0.1, -0.05) is 19.1 Å². The van der Waals surface area contributed by atoms with Crippen LogP contribution in [-0.4, -0.2) is 25.2 Å². The Morgan fingerprint density at radius 2 is 2.20 bits per heavy atom. The highest BCUT2D eigenvalue weighted by molar-refractivity contribution is 6.14. The minimum absolute atomic E-state index is 0.204. The van der Waals surface area contributed by atoms with Crippen LogP contribution in [0.2, 0.25) is 5.82 Å². The number of aliphatic hydroxyl groups is 1. The average Bonchev–Trinajstić information content (AvgIpc) is 2.07. The van der Waals surface area contributed by atoms with E-state index in [4.69, 9.17) is 13.0 Å². The zero-order valence-corrected chi connectivity index (χ0v) is 5.92. The third kappa shape index (κ3) is 0.889. The number of hydrogen-bond donors (Lipinski definition) is 1. The molecular weight excluding hydrogens is 130 g/mol. The first-order valence-electron chi connectivity index (χ1n) is 3.32. The molecule has 1 nitrogen and oxygen atoms in total. The van der Waals surface area contributed by atoms with E-state index in [2.05, 4.69) is 6.58 Å². The molecule has 0 heterocycles. The van der Waals surface area contributed by atoms with Crippen molar-refractivity contribution in [2.24, 2.45) is 5.92 Å². The zero-order chi connectivity index (χ0) is 7.89. The molecule has 1 aliphatic carbocycles. The van der Waals surface area contributed by atoms with Gasteiger partial charge < -0.3 is 5.11 Å². The molecule has 0 aromatic carbocycles. The van der Waals surface area contributed by atoms with E-state index in [1.807, 2.05) is 0 Å². The summed E-state index contributed by atoms with van der Waals surface area (Å²) < 4.78 is 12.8. The molecule has 1 fully saturated rings. The van der Waals surface area contributed by atoms with Crippen molar-refractivity contribution < 1.29 is 9.50 Å². The molecule has 0 aromatic heterocycles. The van der Waals surface area contributed by atoms with Crippen LogP contribution >= 0.6 is 0 Å². The second kappa shape index (κ2) is 2.38.